The summed E-state index contributed by atoms with van der Waals surface area (Å²) in [6.07, 6.45) is 1.70. The molecule has 0 aliphatic rings. The summed E-state index contributed by atoms with van der Waals surface area (Å²) >= 11 is 17.6. The average molecular weight is 414 g/mol. The number of benzene rings is 1. The first-order valence-electron chi connectivity index (χ1n) is 7.96. The number of hydrazone groups is 1. The van der Waals surface area contributed by atoms with Gasteiger partial charge in [0.15, 0.2) is 5.11 Å². The quantitative estimate of drug-likeness (QED) is 0.315. The Hall–Kier alpha value is -1.67. The molecule has 6 nitrogen and oxygen atoms in total. The van der Waals surface area contributed by atoms with Gasteiger partial charge in [0.05, 0.1) is 25.1 Å². The minimum absolute atomic E-state index is 0.434. The van der Waals surface area contributed by atoms with E-state index < -0.39 is 0 Å². The summed E-state index contributed by atoms with van der Waals surface area (Å²) in [5.41, 5.74) is 6.35. The average Bonchev–Trinajstić information content (AvgIpc) is 2.86. The highest BCUT2D eigenvalue weighted by atomic mass is 35.5. The van der Waals surface area contributed by atoms with Crippen LogP contribution in [-0.4, -0.2) is 41.4 Å². The number of ether oxygens (including phenoxy) is 1. The van der Waals surface area contributed by atoms with Crippen molar-refractivity contribution in [2.45, 2.75) is 20.4 Å². The summed E-state index contributed by atoms with van der Waals surface area (Å²) in [6, 6.07) is 5.46. The maximum Gasteiger partial charge on any atom is 0.187 e. The lowest BCUT2D eigenvalue weighted by molar-refractivity contribution is 0.204. The van der Waals surface area contributed by atoms with E-state index in [1.165, 1.54) is 0 Å². The molecule has 0 fully saturated rings. The van der Waals surface area contributed by atoms with Gasteiger partial charge in [0.25, 0.3) is 0 Å². The van der Waals surface area contributed by atoms with Crippen molar-refractivity contribution >= 4 is 46.7 Å². The fourth-order valence-corrected chi connectivity index (χ4v) is 3.02. The lowest BCUT2D eigenvalue weighted by Gasteiger charge is -2.09. The Bertz CT molecular complexity index is 786. The fourth-order valence-electron chi connectivity index (χ4n) is 2.35. The van der Waals surface area contributed by atoms with E-state index in [1.807, 2.05) is 36.7 Å². The Labute approximate surface area is 168 Å². The second-order valence-electron chi connectivity index (χ2n) is 5.56. The van der Waals surface area contributed by atoms with Gasteiger partial charge in [-0.1, -0.05) is 29.3 Å². The molecule has 1 aromatic heterocycles. The third-order valence-corrected chi connectivity index (χ3v) is 4.70. The zero-order valence-electron chi connectivity index (χ0n) is 14.8. The second kappa shape index (κ2) is 9.87. The fraction of sp³-hybridized carbons (Fsp3) is 0.353. The number of rotatable bonds is 7. The van der Waals surface area contributed by atoms with Gasteiger partial charge in [-0.2, -0.15) is 10.2 Å². The summed E-state index contributed by atoms with van der Waals surface area (Å²) in [5, 5.41) is 13.4. The zero-order valence-corrected chi connectivity index (χ0v) is 17.2. The van der Waals surface area contributed by atoms with Crippen molar-refractivity contribution in [3.05, 3.63) is 50.8 Å². The molecule has 2 rings (SSSR count). The topological polar surface area (TPSA) is 63.5 Å². The van der Waals surface area contributed by atoms with Crippen molar-refractivity contribution in [1.82, 2.24) is 20.5 Å². The first kappa shape index (κ1) is 20.6. The van der Waals surface area contributed by atoms with E-state index in [9.17, 15) is 0 Å². The summed E-state index contributed by atoms with van der Waals surface area (Å²) in [4.78, 5) is 0. The Balaban J connectivity index is 2.08. The molecule has 9 heteroatoms. The molecule has 2 N–H and O–H groups in total. The first-order valence-corrected chi connectivity index (χ1v) is 9.13. The molecular formula is C17H21Cl2N5OS. The Morgan fingerprint density at radius 1 is 1.35 bits per heavy atom. The molecule has 26 heavy (non-hydrogen) atoms. The molecule has 1 heterocycles. The molecule has 0 aliphatic heterocycles. The van der Waals surface area contributed by atoms with E-state index in [2.05, 4.69) is 20.9 Å². The summed E-state index contributed by atoms with van der Waals surface area (Å²) in [5.74, 6) is 0. The van der Waals surface area contributed by atoms with Gasteiger partial charge in [-0.25, -0.2) is 0 Å². The van der Waals surface area contributed by atoms with Gasteiger partial charge in [0.2, 0.25) is 0 Å². The van der Waals surface area contributed by atoms with Gasteiger partial charge in [0.1, 0.15) is 0 Å². The Kier molecular flexibility index (Phi) is 7.84. The van der Waals surface area contributed by atoms with Gasteiger partial charge < -0.3 is 10.1 Å². The number of nitrogens with one attached hydrogen (secondary N) is 2. The highest BCUT2D eigenvalue weighted by Crippen LogP contribution is 2.26. The molecule has 0 bridgehead atoms. The highest BCUT2D eigenvalue weighted by Gasteiger charge is 2.13. The van der Waals surface area contributed by atoms with E-state index >= 15 is 0 Å². The van der Waals surface area contributed by atoms with Crippen LogP contribution in [0, 0.1) is 13.8 Å². The number of aromatic nitrogens is 2. The molecular weight excluding hydrogens is 393 g/mol. The van der Waals surface area contributed by atoms with Crippen LogP contribution in [0.4, 0.5) is 0 Å². The molecule has 0 amide bonds. The van der Waals surface area contributed by atoms with E-state index in [1.54, 1.807) is 13.3 Å². The number of methoxy groups -OCH3 is 1. The SMILES string of the molecule is COCCNC(=S)N/N=C\c1c(C)nn(Cc2c(Cl)cccc2Cl)c1C. The minimum Gasteiger partial charge on any atom is -0.383 e. The van der Waals surface area contributed by atoms with Crippen LogP contribution in [0.25, 0.3) is 0 Å². The third-order valence-electron chi connectivity index (χ3n) is 3.76. The van der Waals surface area contributed by atoms with Crippen molar-refractivity contribution in [3.8, 4) is 0 Å². The van der Waals surface area contributed by atoms with Crippen molar-refractivity contribution in [2.24, 2.45) is 5.10 Å². The molecule has 0 aliphatic carbocycles. The summed E-state index contributed by atoms with van der Waals surface area (Å²) in [7, 11) is 1.63. The predicted molar refractivity (Wildman–Crippen MR) is 110 cm³/mol. The number of thiocarbonyl (C=S) groups is 1. The molecule has 0 radical (unpaired) electrons. The van der Waals surface area contributed by atoms with E-state index in [4.69, 9.17) is 40.2 Å². The molecule has 0 spiro atoms. The number of halogens is 2. The Morgan fingerprint density at radius 3 is 2.69 bits per heavy atom. The van der Waals surface area contributed by atoms with Crippen LogP contribution in [0.1, 0.15) is 22.5 Å². The Morgan fingerprint density at radius 2 is 2.04 bits per heavy atom. The van der Waals surface area contributed by atoms with Gasteiger partial charge in [0, 0.05) is 40.5 Å². The maximum absolute atomic E-state index is 6.26. The largest absolute Gasteiger partial charge is 0.383 e. The third kappa shape index (κ3) is 5.41. The van der Waals surface area contributed by atoms with Crippen LogP contribution in [0.5, 0.6) is 0 Å². The van der Waals surface area contributed by atoms with E-state index in [-0.39, 0.29) is 0 Å². The van der Waals surface area contributed by atoms with Crippen LogP contribution >= 0.6 is 35.4 Å². The van der Waals surface area contributed by atoms with Crippen molar-refractivity contribution in [2.75, 3.05) is 20.3 Å². The lowest BCUT2D eigenvalue weighted by atomic mass is 10.2. The number of nitrogens with zero attached hydrogens (tertiary/aromatic N) is 3. The van der Waals surface area contributed by atoms with Crippen LogP contribution in [-0.2, 0) is 11.3 Å². The van der Waals surface area contributed by atoms with Gasteiger partial charge >= 0.3 is 0 Å². The number of aryl methyl sites for hydroxylation is 1. The van der Waals surface area contributed by atoms with Crippen molar-refractivity contribution in [3.63, 3.8) is 0 Å². The van der Waals surface area contributed by atoms with Crippen LogP contribution in [0.3, 0.4) is 0 Å². The standard InChI is InChI=1S/C17H21Cl2N5OS/c1-11-13(9-21-22-17(26)20-7-8-25-3)12(2)24(23-11)10-14-15(18)5-4-6-16(14)19/h4-6,9H,7-8,10H2,1-3H3,(H2,20,22,26)/b21-9-. The maximum atomic E-state index is 6.26. The lowest BCUT2D eigenvalue weighted by Crippen LogP contribution is -2.34. The van der Waals surface area contributed by atoms with Crippen LogP contribution in [0.2, 0.25) is 10.0 Å². The number of hydrogen-bond acceptors (Lipinski definition) is 4. The normalized spacial score (nSPS) is 11.1. The molecule has 0 saturated heterocycles. The summed E-state index contributed by atoms with van der Waals surface area (Å²) in [6.45, 7) is 5.58. The van der Waals surface area contributed by atoms with Gasteiger partial charge in [-0.15, -0.1) is 0 Å². The van der Waals surface area contributed by atoms with Gasteiger partial charge in [-0.05, 0) is 38.2 Å². The number of hydrogen-bond donors (Lipinski definition) is 2. The first-order chi connectivity index (χ1) is 12.4. The second-order valence-corrected chi connectivity index (χ2v) is 6.78. The van der Waals surface area contributed by atoms with E-state index in [0.717, 1.165) is 22.5 Å². The minimum atomic E-state index is 0.434. The smallest absolute Gasteiger partial charge is 0.187 e. The van der Waals surface area contributed by atoms with Crippen LogP contribution in [0.15, 0.2) is 23.3 Å². The highest BCUT2D eigenvalue weighted by molar-refractivity contribution is 7.80. The van der Waals surface area contributed by atoms with Crippen molar-refractivity contribution in [1.29, 1.82) is 0 Å². The molecule has 1 aromatic carbocycles. The molecule has 0 atom stereocenters. The van der Waals surface area contributed by atoms with E-state index in [0.29, 0.717) is 34.9 Å². The molecule has 2 aromatic rings. The summed E-state index contributed by atoms with van der Waals surface area (Å²) < 4.78 is 6.81. The van der Waals surface area contributed by atoms with Crippen LogP contribution < -0.4 is 10.7 Å². The molecule has 0 unspecified atom stereocenters. The monoisotopic (exact) mass is 413 g/mol. The van der Waals surface area contributed by atoms with Gasteiger partial charge in [-0.3, -0.25) is 10.1 Å². The molecule has 140 valence electrons. The van der Waals surface area contributed by atoms with Crippen molar-refractivity contribution < 1.29 is 4.74 Å². The zero-order chi connectivity index (χ0) is 19.1. The molecule has 0 saturated carbocycles. The predicted octanol–water partition coefficient (Wildman–Crippen LogP) is 3.30.